The lowest BCUT2D eigenvalue weighted by Gasteiger charge is -2.07. The van der Waals surface area contributed by atoms with Gasteiger partial charge >= 0.3 is 0 Å². The fourth-order valence-electron chi connectivity index (χ4n) is 1.52. The van der Waals surface area contributed by atoms with Crippen LogP contribution in [0.2, 0.25) is 5.02 Å². The van der Waals surface area contributed by atoms with Crippen molar-refractivity contribution in [2.24, 2.45) is 0 Å². The molecule has 0 aliphatic carbocycles. The predicted octanol–water partition coefficient (Wildman–Crippen LogP) is 1.90. The van der Waals surface area contributed by atoms with Crippen molar-refractivity contribution in [2.45, 2.75) is 13.5 Å². The molecule has 92 valence electrons. The molecule has 1 N–H and O–H groups in total. The minimum absolute atomic E-state index is 0.142. The van der Waals surface area contributed by atoms with Gasteiger partial charge < -0.3 is 5.32 Å². The van der Waals surface area contributed by atoms with E-state index in [1.165, 1.54) is 11.0 Å². The largest absolute Gasteiger partial charge is 0.313 e. The van der Waals surface area contributed by atoms with E-state index in [1.807, 2.05) is 31.2 Å². The van der Waals surface area contributed by atoms with Gasteiger partial charge in [-0.3, -0.25) is 0 Å². The van der Waals surface area contributed by atoms with E-state index in [-0.39, 0.29) is 5.82 Å². The third-order valence-electron chi connectivity index (χ3n) is 2.46. The summed E-state index contributed by atoms with van der Waals surface area (Å²) in [5.74, 6) is 0.142. The molecule has 5 nitrogen and oxygen atoms in total. The van der Waals surface area contributed by atoms with Crippen molar-refractivity contribution in [1.82, 2.24) is 20.1 Å². The van der Waals surface area contributed by atoms with Crippen molar-refractivity contribution >= 4 is 11.6 Å². The lowest BCUT2D eigenvalue weighted by atomic mass is 10.2. The van der Waals surface area contributed by atoms with Crippen LogP contribution >= 0.6 is 11.6 Å². The molecule has 0 spiro atoms. The molecule has 0 atom stereocenters. The molecule has 6 heteroatoms. The average molecular weight is 262 g/mol. The molecule has 0 saturated carbocycles. The van der Waals surface area contributed by atoms with Gasteiger partial charge in [0.05, 0.1) is 5.69 Å². The van der Waals surface area contributed by atoms with Crippen LogP contribution in [0.15, 0.2) is 24.5 Å². The molecule has 0 aliphatic heterocycles. The summed E-state index contributed by atoms with van der Waals surface area (Å²) in [4.78, 5) is 3.85. The molecule has 1 heterocycles. The van der Waals surface area contributed by atoms with E-state index in [1.54, 1.807) is 0 Å². The van der Waals surface area contributed by atoms with Crippen LogP contribution in [0.4, 0.5) is 0 Å². The second-order valence-electron chi connectivity index (χ2n) is 3.68. The zero-order valence-electron chi connectivity index (χ0n) is 9.89. The number of nitrogens with zero attached hydrogens (tertiary/aromatic N) is 4. The molecule has 2 aromatic rings. The highest BCUT2D eigenvalue weighted by atomic mass is 35.5. The minimum atomic E-state index is 0.142. The van der Waals surface area contributed by atoms with Gasteiger partial charge in [-0.05, 0) is 24.2 Å². The zero-order chi connectivity index (χ0) is 13.0. The Kier molecular flexibility index (Phi) is 3.92. The van der Waals surface area contributed by atoms with Gasteiger partial charge in [0, 0.05) is 11.6 Å². The van der Waals surface area contributed by atoms with Gasteiger partial charge in [-0.25, -0.2) is 9.67 Å². The van der Waals surface area contributed by atoms with Gasteiger partial charge in [-0.15, -0.1) is 5.10 Å². The molecule has 18 heavy (non-hydrogen) atoms. The van der Waals surface area contributed by atoms with Crippen molar-refractivity contribution in [3.63, 3.8) is 0 Å². The highest BCUT2D eigenvalue weighted by Crippen LogP contribution is 2.19. The number of benzene rings is 1. The summed E-state index contributed by atoms with van der Waals surface area (Å²) in [7, 11) is 0. The Morgan fingerprint density at radius 3 is 2.94 bits per heavy atom. The Bertz CT molecular complexity index is 584. The first-order chi connectivity index (χ1) is 8.74. The van der Waals surface area contributed by atoms with Gasteiger partial charge in [-0.2, -0.15) is 5.26 Å². The number of nitrogens with one attached hydrogen (secondary N) is 1. The summed E-state index contributed by atoms with van der Waals surface area (Å²) >= 11 is 6.19. The number of hydrogen-bond donors (Lipinski definition) is 1. The standard InChI is InChI=1S/C12H12ClN5/c1-2-15-7-9-3-4-10(5-11(9)13)18-8-16-12(6-14)17-18/h3-5,8,15H,2,7H2,1H3. The Morgan fingerprint density at radius 1 is 1.50 bits per heavy atom. The third kappa shape index (κ3) is 2.67. The zero-order valence-corrected chi connectivity index (χ0v) is 10.6. The van der Waals surface area contributed by atoms with Gasteiger partial charge in [-0.1, -0.05) is 24.6 Å². The summed E-state index contributed by atoms with van der Waals surface area (Å²) in [6, 6.07) is 7.53. The highest BCUT2D eigenvalue weighted by molar-refractivity contribution is 6.31. The maximum absolute atomic E-state index is 8.67. The summed E-state index contributed by atoms with van der Waals surface area (Å²) in [5, 5.41) is 16.6. The van der Waals surface area contributed by atoms with Gasteiger partial charge in [0.2, 0.25) is 0 Å². The number of nitriles is 1. The summed E-state index contributed by atoms with van der Waals surface area (Å²) in [5.41, 5.74) is 1.82. The molecular weight excluding hydrogens is 250 g/mol. The number of aromatic nitrogens is 3. The van der Waals surface area contributed by atoms with Crippen molar-refractivity contribution in [3.05, 3.63) is 40.9 Å². The van der Waals surface area contributed by atoms with Crippen molar-refractivity contribution < 1.29 is 0 Å². The first-order valence-corrected chi connectivity index (χ1v) is 5.93. The molecule has 0 fully saturated rings. The van der Waals surface area contributed by atoms with Crippen molar-refractivity contribution in [2.75, 3.05) is 6.54 Å². The van der Waals surface area contributed by atoms with Crippen LogP contribution in [0.1, 0.15) is 18.3 Å². The second kappa shape index (κ2) is 5.63. The molecule has 2 rings (SSSR count). The molecule has 1 aromatic carbocycles. The fourth-order valence-corrected chi connectivity index (χ4v) is 1.76. The van der Waals surface area contributed by atoms with E-state index in [0.717, 1.165) is 24.3 Å². The maximum atomic E-state index is 8.67. The predicted molar refractivity (Wildman–Crippen MR) is 68.5 cm³/mol. The van der Waals surface area contributed by atoms with Crippen LogP contribution in [-0.2, 0) is 6.54 Å². The van der Waals surface area contributed by atoms with E-state index >= 15 is 0 Å². The monoisotopic (exact) mass is 261 g/mol. The lowest BCUT2D eigenvalue weighted by Crippen LogP contribution is -2.12. The van der Waals surface area contributed by atoms with Gasteiger partial charge in [0.25, 0.3) is 5.82 Å². The highest BCUT2D eigenvalue weighted by Gasteiger charge is 2.05. The summed E-state index contributed by atoms with van der Waals surface area (Å²) in [6.45, 7) is 3.67. The molecule has 1 aromatic heterocycles. The van der Waals surface area contributed by atoms with Crippen LogP contribution < -0.4 is 5.32 Å². The van der Waals surface area contributed by atoms with Crippen LogP contribution in [-0.4, -0.2) is 21.3 Å². The van der Waals surface area contributed by atoms with Gasteiger partial charge in [0.1, 0.15) is 12.4 Å². The van der Waals surface area contributed by atoms with Crippen LogP contribution in [0.3, 0.4) is 0 Å². The van der Waals surface area contributed by atoms with E-state index in [4.69, 9.17) is 16.9 Å². The molecule has 0 unspecified atom stereocenters. The number of halogens is 1. The molecule has 0 aliphatic rings. The van der Waals surface area contributed by atoms with Crippen molar-refractivity contribution in [3.8, 4) is 11.8 Å². The summed E-state index contributed by atoms with van der Waals surface area (Å²) < 4.78 is 1.53. The fraction of sp³-hybridized carbons (Fsp3) is 0.250. The number of rotatable bonds is 4. The molecular formula is C12H12ClN5. The Morgan fingerprint density at radius 2 is 2.33 bits per heavy atom. The summed E-state index contributed by atoms with van der Waals surface area (Å²) in [6.07, 6.45) is 1.49. The smallest absolute Gasteiger partial charge is 0.252 e. The maximum Gasteiger partial charge on any atom is 0.252 e. The Hall–Kier alpha value is -1.90. The third-order valence-corrected chi connectivity index (χ3v) is 2.81. The molecule has 0 bridgehead atoms. The van der Waals surface area contributed by atoms with E-state index in [2.05, 4.69) is 15.4 Å². The normalized spacial score (nSPS) is 10.3. The van der Waals surface area contributed by atoms with E-state index < -0.39 is 0 Å². The quantitative estimate of drug-likeness (QED) is 0.913. The topological polar surface area (TPSA) is 66.5 Å². The van der Waals surface area contributed by atoms with Crippen molar-refractivity contribution in [1.29, 1.82) is 5.26 Å². The second-order valence-corrected chi connectivity index (χ2v) is 4.09. The molecule has 0 radical (unpaired) electrons. The lowest BCUT2D eigenvalue weighted by molar-refractivity contribution is 0.726. The van der Waals surface area contributed by atoms with E-state index in [0.29, 0.717) is 5.02 Å². The molecule has 0 saturated heterocycles. The van der Waals surface area contributed by atoms with Crippen LogP contribution in [0.5, 0.6) is 0 Å². The average Bonchev–Trinajstić information content (AvgIpc) is 2.86. The Labute approximate surface area is 110 Å². The number of hydrogen-bond acceptors (Lipinski definition) is 4. The van der Waals surface area contributed by atoms with Gasteiger partial charge in [0.15, 0.2) is 0 Å². The first-order valence-electron chi connectivity index (χ1n) is 5.56. The SMILES string of the molecule is CCNCc1ccc(-n2cnc(C#N)n2)cc1Cl. The molecule has 0 amide bonds. The minimum Gasteiger partial charge on any atom is -0.313 e. The first kappa shape index (κ1) is 12.6. The van der Waals surface area contributed by atoms with Crippen LogP contribution in [0, 0.1) is 11.3 Å². The van der Waals surface area contributed by atoms with E-state index in [9.17, 15) is 0 Å². The Balaban J connectivity index is 2.25. The van der Waals surface area contributed by atoms with Crippen LogP contribution in [0.25, 0.3) is 5.69 Å².